The molecule has 0 radical (unpaired) electrons. The lowest BCUT2D eigenvalue weighted by Gasteiger charge is -2.31. The molecular formula is C21H27ClN2O4S. The van der Waals surface area contributed by atoms with Gasteiger partial charge in [-0.05, 0) is 45.4 Å². The molecule has 1 aromatic rings. The Morgan fingerprint density at radius 3 is 2.38 bits per heavy atom. The van der Waals surface area contributed by atoms with Gasteiger partial charge in [-0.2, -0.15) is 0 Å². The summed E-state index contributed by atoms with van der Waals surface area (Å²) in [6.45, 7) is 7.60. The lowest BCUT2D eigenvalue weighted by atomic mass is 9.80. The summed E-state index contributed by atoms with van der Waals surface area (Å²) in [7, 11) is 0. The minimum atomic E-state index is -0.656. The first kappa shape index (κ1) is 23.3. The second kappa shape index (κ2) is 10.7. The molecule has 0 fully saturated rings. The van der Waals surface area contributed by atoms with E-state index in [9.17, 15) is 9.59 Å². The number of hydrogen-bond acceptors (Lipinski definition) is 7. The summed E-state index contributed by atoms with van der Waals surface area (Å²) in [6, 6.07) is 7.12. The van der Waals surface area contributed by atoms with E-state index in [4.69, 9.17) is 26.8 Å². The van der Waals surface area contributed by atoms with Gasteiger partial charge in [0.2, 0.25) is 0 Å². The molecule has 0 saturated heterocycles. The van der Waals surface area contributed by atoms with Crippen LogP contribution in [0.1, 0.15) is 39.2 Å². The lowest BCUT2D eigenvalue weighted by molar-refractivity contribution is -0.139. The fraction of sp³-hybridized carbons (Fsp3) is 0.429. The van der Waals surface area contributed by atoms with Gasteiger partial charge in [-0.25, -0.2) is 9.59 Å². The van der Waals surface area contributed by atoms with Crippen molar-refractivity contribution in [2.45, 2.75) is 39.0 Å². The molecule has 1 heterocycles. The first-order valence-electron chi connectivity index (χ1n) is 9.47. The second-order valence-corrected chi connectivity index (χ2v) is 8.30. The molecule has 29 heavy (non-hydrogen) atoms. The molecule has 2 atom stereocenters. The monoisotopic (exact) mass is 438 g/mol. The average molecular weight is 439 g/mol. The highest BCUT2D eigenvalue weighted by Crippen LogP contribution is 2.40. The molecule has 6 nitrogen and oxygen atoms in total. The van der Waals surface area contributed by atoms with Gasteiger partial charge in [0, 0.05) is 27.5 Å². The number of nitrogens with two attached hydrogens (primary N) is 1. The van der Waals surface area contributed by atoms with E-state index in [-0.39, 0.29) is 18.6 Å². The number of esters is 2. The predicted molar refractivity (Wildman–Crippen MR) is 116 cm³/mol. The number of benzene rings is 1. The Kier molecular flexibility index (Phi) is 8.61. The first-order chi connectivity index (χ1) is 13.8. The normalized spacial score (nSPS) is 17.7. The van der Waals surface area contributed by atoms with E-state index < -0.39 is 17.9 Å². The molecule has 2 rings (SSSR count). The zero-order valence-corrected chi connectivity index (χ0v) is 18.7. The van der Waals surface area contributed by atoms with Crippen LogP contribution in [0.5, 0.6) is 0 Å². The highest BCUT2D eigenvalue weighted by atomic mass is 35.5. The molecule has 8 heteroatoms. The summed E-state index contributed by atoms with van der Waals surface area (Å²) >= 11 is 7.70. The highest BCUT2D eigenvalue weighted by Gasteiger charge is 2.38. The Morgan fingerprint density at radius 1 is 1.21 bits per heavy atom. The van der Waals surface area contributed by atoms with Crippen LogP contribution in [0.25, 0.3) is 0 Å². The number of halogens is 1. The number of thioether (sulfide) groups is 1. The van der Waals surface area contributed by atoms with Crippen LogP contribution in [0.4, 0.5) is 0 Å². The number of dihydropyridines is 1. The van der Waals surface area contributed by atoms with Crippen LogP contribution >= 0.6 is 23.4 Å². The molecule has 1 aliphatic rings. The molecule has 0 aliphatic carbocycles. The predicted octanol–water partition coefficient (Wildman–Crippen LogP) is 3.72. The zero-order chi connectivity index (χ0) is 21.6. The maximum atomic E-state index is 13.0. The van der Waals surface area contributed by atoms with Crippen molar-refractivity contribution >= 4 is 35.3 Å². The maximum absolute atomic E-state index is 13.0. The third kappa shape index (κ3) is 5.78. The van der Waals surface area contributed by atoms with Gasteiger partial charge in [0.1, 0.15) is 0 Å². The van der Waals surface area contributed by atoms with Crippen LogP contribution in [0, 0.1) is 0 Å². The maximum Gasteiger partial charge on any atom is 0.336 e. The molecule has 1 aromatic carbocycles. The Bertz CT molecular complexity index is 836. The van der Waals surface area contributed by atoms with E-state index in [0.717, 1.165) is 0 Å². The van der Waals surface area contributed by atoms with Crippen molar-refractivity contribution in [3.05, 3.63) is 57.4 Å². The smallest absolute Gasteiger partial charge is 0.336 e. The molecule has 2 unspecified atom stereocenters. The number of carbonyl (C=O) groups is 2. The van der Waals surface area contributed by atoms with Crippen LogP contribution in [-0.4, -0.2) is 36.3 Å². The van der Waals surface area contributed by atoms with Gasteiger partial charge in [0.25, 0.3) is 0 Å². The van der Waals surface area contributed by atoms with Crippen LogP contribution in [-0.2, 0) is 19.1 Å². The van der Waals surface area contributed by atoms with Gasteiger partial charge in [-0.1, -0.05) is 23.7 Å². The number of carbonyl (C=O) groups excluding carboxylic acids is 2. The minimum absolute atomic E-state index is 0.117. The van der Waals surface area contributed by atoms with Gasteiger partial charge < -0.3 is 20.5 Å². The molecule has 0 spiro atoms. The number of ether oxygens (including phenoxy) is 2. The van der Waals surface area contributed by atoms with Crippen LogP contribution in [0.3, 0.4) is 0 Å². The van der Waals surface area contributed by atoms with Crippen molar-refractivity contribution < 1.29 is 19.1 Å². The van der Waals surface area contributed by atoms with E-state index in [1.165, 1.54) is 11.8 Å². The second-order valence-electron chi connectivity index (χ2n) is 6.50. The molecule has 0 aromatic heterocycles. The van der Waals surface area contributed by atoms with Gasteiger partial charge in [-0.3, -0.25) is 0 Å². The number of rotatable bonds is 8. The van der Waals surface area contributed by atoms with Gasteiger partial charge >= 0.3 is 11.9 Å². The summed E-state index contributed by atoms with van der Waals surface area (Å²) in [5.41, 5.74) is 8.65. The van der Waals surface area contributed by atoms with E-state index >= 15 is 0 Å². The summed E-state index contributed by atoms with van der Waals surface area (Å²) < 4.78 is 10.6. The quantitative estimate of drug-likeness (QED) is 0.472. The average Bonchev–Trinajstić information content (AvgIpc) is 2.65. The molecular weight excluding hydrogens is 412 g/mol. The van der Waals surface area contributed by atoms with Crippen molar-refractivity contribution in [3.63, 3.8) is 0 Å². The van der Waals surface area contributed by atoms with Crippen molar-refractivity contribution in [1.29, 1.82) is 0 Å². The van der Waals surface area contributed by atoms with E-state index in [0.29, 0.717) is 38.9 Å². The Labute approximate surface area is 180 Å². The number of allylic oxidation sites excluding steroid dienone is 1. The Morgan fingerprint density at radius 2 is 1.83 bits per heavy atom. The van der Waals surface area contributed by atoms with Crippen LogP contribution < -0.4 is 11.1 Å². The summed E-state index contributed by atoms with van der Waals surface area (Å²) in [4.78, 5) is 25.8. The van der Waals surface area contributed by atoms with E-state index in [2.05, 4.69) is 5.32 Å². The molecule has 3 N–H and O–H groups in total. The third-order valence-electron chi connectivity index (χ3n) is 4.31. The molecule has 0 amide bonds. The van der Waals surface area contributed by atoms with Crippen molar-refractivity contribution in [1.82, 2.24) is 5.32 Å². The Balaban J connectivity index is 2.68. The summed E-state index contributed by atoms with van der Waals surface area (Å²) in [5.74, 6) is -1.16. The highest BCUT2D eigenvalue weighted by molar-refractivity contribution is 8.00. The van der Waals surface area contributed by atoms with E-state index in [1.807, 2.05) is 13.0 Å². The van der Waals surface area contributed by atoms with Gasteiger partial charge in [0.05, 0.1) is 30.3 Å². The fourth-order valence-corrected chi connectivity index (χ4v) is 4.03. The number of nitrogens with one attached hydrogen (secondary N) is 1. The SMILES string of the molecule is CCOC(=O)C1=C(C)NC(CSC(C)N)=C(C(=O)OCC)C1c1cccc(Cl)c1. The van der Waals surface area contributed by atoms with Gasteiger partial charge in [-0.15, -0.1) is 11.8 Å². The number of hydrogen-bond donors (Lipinski definition) is 2. The molecule has 0 saturated carbocycles. The van der Waals surface area contributed by atoms with Crippen LogP contribution in [0.2, 0.25) is 5.02 Å². The van der Waals surface area contributed by atoms with E-state index in [1.54, 1.807) is 39.0 Å². The Hall–Kier alpha value is -1.96. The molecule has 158 valence electrons. The minimum Gasteiger partial charge on any atom is -0.463 e. The molecule has 1 aliphatic heterocycles. The lowest BCUT2D eigenvalue weighted by Crippen LogP contribution is -2.34. The zero-order valence-electron chi connectivity index (χ0n) is 17.1. The fourth-order valence-electron chi connectivity index (χ4n) is 3.17. The topological polar surface area (TPSA) is 90.6 Å². The first-order valence-corrected chi connectivity index (χ1v) is 10.9. The van der Waals surface area contributed by atoms with Gasteiger partial charge in [0.15, 0.2) is 0 Å². The van der Waals surface area contributed by atoms with Crippen molar-refractivity contribution in [3.8, 4) is 0 Å². The standard InChI is InChI=1S/C21H27ClN2O4S/c1-5-27-20(25)17-12(3)24-16(11-29-13(4)23)19(21(26)28-6-2)18(17)14-8-7-9-15(22)10-14/h7-10,13,18,24H,5-6,11,23H2,1-4H3. The molecule has 0 bridgehead atoms. The summed E-state index contributed by atoms with van der Waals surface area (Å²) in [6.07, 6.45) is 0. The third-order valence-corrected chi connectivity index (χ3v) is 5.52. The van der Waals surface area contributed by atoms with Crippen LogP contribution in [0.15, 0.2) is 46.8 Å². The summed E-state index contributed by atoms with van der Waals surface area (Å²) in [5, 5.41) is 3.61. The van der Waals surface area contributed by atoms with Crippen molar-refractivity contribution in [2.75, 3.05) is 19.0 Å². The van der Waals surface area contributed by atoms with Crippen molar-refractivity contribution in [2.24, 2.45) is 5.73 Å². The largest absolute Gasteiger partial charge is 0.463 e.